The van der Waals surface area contributed by atoms with Crippen molar-refractivity contribution in [3.05, 3.63) is 16.7 Å². The summed E-state index contributed by atoms with van der Waals surface area (Å²) in [6.07, 6.45) is -1.57. The number of aromatic amines is 1. The number of rotatable bonds is 2. The quantitative estimate of drug-likeness (QED) is 0.538. The van der Waals surface area contributed by atoms with Crippen molar-refractivity contribution in [1.29, 1.82) is 0 Å². The van der Waals surface area contributed by atoms with E-state index >= 15 is 0 Å². The molecule has 1 aliphatic rings. The van der Waals surface area contributed by atoms with Crippen LogP contribution >= 0.6 is 0 Å². The Morgan fingerprint density at radius 3 is 2.90 bits per heavy atom. The van der Waals surface area contributed by atoms with Crippen LogP contribution in [0.3, 0.4) is 0 Å². The molecule has 5 N–H and O–H groups in total. The van der Waals surface area contributed by atoms with Gasteiger partial charge in [0.25, 0.3) is 5.56 Å². The number of H-pyrrole nitrogens is 1. The zero-order chi connectivity index (χ0) is 14.4. The van der Waals surface area contributed by atoms with Crippen molar-refractivity contribution in [3.63, 3.8) is 0 Å². The van der Waals surface area contributed by atoms with E-state index in [2.05, 4.69) is 15.0 Å². The van der Waals surface area contributed by atoms with E-state index in [-0.39, 0.29) is 17.1 Å². The summed E-state index contributed by atoms with van der Waals surface area (Å²) in [5, 5.41) is 19.9. The number of nitrogen functional groups attached to an aromatic ring is 1. The smallest absolute Gasteiger partial charge is 0.280 e. The molecule has 0 saturated carbocycles. The number of fused-ring (bicyclic) bond motifs is 1. The Morgan fingerprint density at radius 2 is 2.25 bits per heavy atom. The van der Waals surface area contributed by atoms with Gasteiger partial charge in [0.2, 0.25) is 5.95 Å². The first kappa shape index (κ1) is 13.0. The minimum Gasteiger partial charge on any atom is -0.388 e. The second kappa shape index (κ2) is 4.54. The third-order valence-electron chi connectivity index (χ3n) is 3.46. The lowest BCUT2D eigenvalue weighted by molar-refractivity contribution is -0.0355. The van der Waals surface area contributed by atoms with Gasteiger partial charge in [-0.1, -0.05) is 6.92 Å². The molecular weight excluding hydrogens is 266 g/mol. The van der Waals surface area contributed by atoms with E-state index in [1.165, 1.54) is 10.9 Å². The average Bonchev–Trinajstić information content (AvgIpc) is 2.93. The molecule has 108 valence electrons. The number of aromatic nitrogens is 4. The summed E-state index contributed by atoms with van der Waals surface area (Å²) in [4.78, 5) is 22.0. The van der Waals surface area contributed by atoms with Crippen LogP contribution in [0.2, 0.25) is 0 Å². The molecule has 2 aromatic rings. The molecular formula is C11H15N5O4. The van der Waals surface area contributed by atoms with Crippen molar-refractivity contribution in [1.82, 2.24) is 19.5 Å². The lowest BCUT2D eigenvalue weighted by Gasteiger charge is -2.16. The molecule has 4 unspecified atom stereocenters. The van der Waals surface area contributed by atoms with Crippen LogP contribution in [-0.2, 0) is 4.74 Å². The zero-order valence-electron chi connectivity index (χ0n) is 10.7. The van der Waals surface area contributed by atoms with Gasteiger partial charge in [-0.2, -0.15) is 4.98 Å². The van der Waals surface area contributed by atoms with Crippen LogP contribution in [0.1, 0.15) is 19.6 Å². The van der Waals surface area contributed by atoms with Gasteiger partial charge in [0.15, 0.2) is 17.4 Å². The van der Waals surface area contributed by atoms with Gasteiger partial charge in [-0.15, -0.1) is 0 Å². The van der Waals surface area contributed by atoms with Crippen LogP contribution in [0.4, 0.5) is 5.95 Å². The minimum absolute atomic E-state index is 0.0515. The number of imidazole rings is 1. The number of anilines is 1. The van der Waals surface area contributed by atoms with Gasteiger partial charge in [0, 0.05) is 0 Å². The highest BCUT2D eigenvalue weighted by molar-refractivity contribution is 5.70. The number of nitrogens with one attached hydrogen (secondary N) is 1. The molecule has 2 aromatic heterocycles. The molecule has 1 aliphatic heterocycles. The maximum absolute atomic E-state index is 11.7. The van der Waals surface area contributed by atoms with Gasteiger partial charge in [0.05, 0.1) is 12.4 Å². The monoisotopic (exact) mass is 281 g/mol. The maximum Gasteiger partial charge on any atom is 0.280 e. The van der Waals surface area contributed by atoms with E-state index in [1.807, 2.05) is 6.92 Å². The molecule has 1 fully saturated rings. The first-order chi connectivity index (χ1) is 9.52. The second-order valence-corrected chi connectivity index (χ2v) is 4.73. The van der Waals surface area contributed by atoms with E-state index in [0.29, 0.717) is 6.42 Å². The van der Waals surface area contributed by atoms with Crippen molar-refractivity contribution in [2.45, 2.75) is 37.9 Å². The number of aliphatic hydroxyl groups excluding tert-OH is 2. The Morgan fingerprint density at radius 1 is 1.50 bits per heavy atom. The molecule has 9 nitrogen and oxygen atoms in total. The first-order valence-electron chi connectivity index (χ1n) is 6.26. The average molecular weight is 281 g/mol. The van der Waals surface area contributed by atoms with Crippen molar-refractivity contribution < 1.29 is 14.9 Å². The third kappa shape index (κ3) is 1.79. The Hall–Kier alpha value is -1.97. The van der Waals surface area contributed by atoms with Gasteiger partial charge < -0.3 is 20.7 Å². The Kier molecular flexibility index (Phi) is 2.96. The fourth-order valence-electron chi connectivity index (χ4n) is 2.43. The van der Waals surface area contributed by atoms with Gasteiger partial charge in [-0.05, 0) is 6.42 Å². The van der Waals surface area contributed by atoms with Crippen LogP contribution in [-0.4, -0.2) is 48.0 Å². The number of aliphatic hydroxyl groups is 2. The predicted octanol–water partition coefficient (Wildman–Crippen LogP) is -1.27. The van der Waals surface area contributed by atoms with E-state index in [4.69, 9.17) is 10.5 Å². The molecule has 3 rings (SSSR count). The first-order valence-corrected chi connectivity index (χ1v) is 6.26. The minimum atomic E-state index is -1.13. The van der Waals surface area contributed by atoms with E-state index < -0.39 is 30.1 Å². The molecule has 0 radical (unpaired) electrons. The highest BCUT2D eigenvalue weighted by Gasteiger charge is 2.43. The summed E-state index contributed by atoms with van der Waals surface area (Å²) in [5.74, 6) is -0.0515. The van der Waals surface area contributed by atoms with Crippen LogP contribution in [0.25, 0.3) is 11.2 Å². The molecule has 0 bridgehead atoms. The van der Waals surface area contributed by atoms with Crippen LogP contribution in [0.5, 0.6) is 0 Å². The normalized spacial score (nSPS) is 30.1. The van der Waals surface area contributed by atoms with Gasteiger partial charge >= 0.3 is 0 Å². The maximum atomic E-state index is 11.7. The summed E-state index contributed by atoms with van der Waals surface area (Å²) in [5.41, 5.74) is 5.35. The summed E-state index contributed by atoms with van der Waals surface area (Å²) < 4.78 is 7.00. The standard InChI is InChI=1S/C11H15N5O4/c1-2-4-6(17)7(18)10(20-4)16-3-13-5-8(16)14-11(12)15-9(5)19/h3-4,6-7,10,17-18H,2H2,1H3,(H3,12,14,15,19). The van der Waals surface area contributed by atoms with E-state index in [1.54, 1.807) is 0 Å². The fraction of sp³-hybridized carbons (Fsp3) is 0.545. The molecule has 0 spiro atoms. The number of nitrogens with zero attached hydrogens (tertiary/aromatic N) is 3. The lowest BCUT2D eigenvalue weighted by Crippen LogP contribution is -2.31. The predicted molar refractivity (Wildman–Crippen MR) is 68.8 cm³/mol. The van der Waals surface area contributed by atoms with Crippen LogP contribution in [0.15, 0.2) is 11.1 Å². The zero-order valence-corrected chi connectivity index (χ0v) is 10.7. The van der Waals surface area contributed by atoms with Gasteiger partial charge in [0.1, 0.15) is 12.2 Å². The van der Waals surface area contributed by atoms with E-state index in [9.17, 15) is 15.0 Å². The Balaban J connectivity index is 2.09. The number of nitrogens with two attached hydrogens (primary N) is 1. The largest absolute Gasteiger partial charge is 0.388 e. The van der Waals surface area contributed by atoms with Crippen molar-refractivity contribution >= 4 is 17.1 Å². The molecule has 1 saturated heterocycles. The van der Waals surface area contributed by atoms with Crippen molar-refractivity contribution in [2.24, 2.45) is 0 Å². The molecule has 0 aromatic carbocycles. The highest BCUT2D eigenvalue weighted by Crippen LogP contribution is 2.32. The Bertz CT molecular complexity index is 696. The molecule has 20 heavy (non-hydrogen) atoms. The summed E-state index contributed by atoms with van der Waals surface area (Å²) in [6, 6.07) is 0. The summed E-state index contributed by atoms with van der Waals surface area (Å²) >= 11 is 0. The fourth-order valence-corrected chi connectivity index (χ4v) is 2.43. The van der Waals surface area contributed by atoms with Crippen molar-refractivity contribution in [2.75, 3.05) is 5.73 Å². The van der Waals surface area contributed by atoms with Crippen LogP contribution in [0, 0.1) is 0 Å². The van der Waals surface area contributed by atoms with E-state index in [0.717, 1.165) is 0 Å². The van der Waals surface area contributed by atoms with Crippen molar-refractivity contribution in [3.8, 4) is 0 Å². The third-order valence-corrected chi connectivity index (χ3v) is 3.46. The van der Waals surface area contributed by atoms with Gasteiger partial charge in [-0.25, -0.2) is 4.98 Å². The molecule has 9 heteroatoms. The number of hydrogen-bond acceptors (Lipinski definition) is 7. The van der Waals surface area contributed by atoms with Crippen LogP contribution < -0.4 is 11.3 Å². The molecule has 0 aliphatic carbocycles. The SMILES string of the molecule is CCC1OC(n2cnc3c(=O)[nH]c(N)nc32)C(O)C1O. The summed E-state index contributed by atoms with van der Waals surface area (Å²) in [6.45, 7) is 1.84. The number of hydrogen-bond donors (Lipinski definition) is 4. The Labute approximate surface area is 113 Å². The molecule has 4 atom stereocenters. The topological polar surface area (TPSA) is 139 Å². The summed E-state index contributed by atoms with van der Waals surface area (Å²) in [7, 11) is 0. The highest BCUT2D eigenvalue weighted by atomic mass is 16.6. The molecule has 0 amide bonds. The van der Waals surface area contributed by atoms with Gasteiger partial charge in [-0.3, -0.25) is 14.3 Å². The number of ether oxygens (including phenoxy) is 1. The lowest BCUT2D eigenvalue weighted by atomic mass is 10.1. The second-order valence-electron chi connectivity index (χ2n) is 4.73. The molecule has 3 heterocycles.